The Kier molecular flexibility index (Phi) is 66.8. The molecule has 0 aromatic carbocycles. The molecule has 0 heterocycles. The van der Waals surface area contributed by atoms with E-state index in [2.05, 4.69) is 104 Å². The topological polar surface area (TPSA) is 108 Å². The van der Waals surface area contributed by atoms with Crippen molar-refractivity contribution in [2.24, 2.45) is 0 Å². The van der Waals surface area contributed by atoms with Crippen LogP contribution in [0.4, 0.5) is 0 Å². The van der Waals surface area contributed by atoms with E-state index in [0.29, 0.717) is 17.4 Å². The Hall–Kier alpha value is -2.58. The van der Waals surface area contributed by atoms with Crippen molar-refractivity contribution in [2.75, 3.05) is 40.9 Å². The van der Waals surface area contributed by atoms with Gasteiger partial charge in [-0.25, -0.2) is 0 Å². The zero-order valence-corrected chi connectivity index (χ0v) is 59.6. The molecule has 88 heavy (non-hydrogen) atoms. The first-order valence-electron chi connectivity index (χ1n) is 37.6. The van der Waals surface area contributed by atoms with E-state index in [1.807, 2.05) is 27.2 Å². The second-order valence-electron chi connectivity index (χ2n) is 26.6. The highest BCUT2D eigenvalue weighted by Crippen LogP contribution is 2.38. The zero-order chi connectivity index (χ0) is 64.1. The molecule has 0 bridgehead atoms. The summed E-state index contributed by atoms with van der Waals surface area (Å²) in [6.45, 7) is 4.54. The highest BCUT2D eigenvalue weighted by molar-refractivity contribution is 7.45. The van der Waals surface area contributed by atoms with Crippen molar-refractivity contribution < 1.29 is 32.9 Å². The summed E-state index contributed by atoms with van der Waals surface area (Å²) < 4.78 is 23.5. The number of carbonyl (C=O) groups excluding carboxylic acids is 1. The van der Waals surface area contributed by atoms with Crippen LogP contribution in [0.2, 0.25) is 0 Å². The fourth-order valence-electron chi connectivity index (χ4n) is 11.0. The second-order valence-corrected chi connectivity index (χ2v) is 28.0. The molecule has 0 aliphatic rings. The lowest BCUT2D eigenvalue weighted by atomic mass is 10.0. The first-order chi connectivity index (χ1) is 43.0. The van der Waals surface area contributed by atoms with E-state index in [1.165, 1.54) is 250 Å². The van der Waals surface area contributed by atoms with E-state index in [1.54, 1.807) is 6.08 Å². The number of likely N-dealkylation sites (N-methyl/N-ethyl adjacent to an activating group) is 1. The van der Waals surface area contributed by atoms with Crippen LogP contribution in [0.25, 0.3) is 0 Å². The van der Waals surface area contributed by atoms with Crippen LogP contribution < -0.4 is 10.2 Å². The number of phosphoric acid groups is 1. The van der Waals surface area contributed by atoms with Crippen LogP contribution in [0, 0.1) is 0 Å². The molecule has 1 amide bonds. The lowest BCUT2D eigenvalue weighted by molar-refractivity contribution is -0.870. The maximum Gasteiger partial charge on any atom is 0.268 e. The van der Waals surface area contributed by atoms with E-state index in [-0.39, 0.29) is 12.5 Å². The average molecular weight is 1250 g/mol. The van der Waals surface area contributed by atoms with Crippen molar-refractivity contribution in [3.8, 4) is 0 Å². The number of allylic oxidation sites excluding steroid dienone is 15. The van der Waals surface area contributed by atoms with Gasteiger partial charge in [-0.1, -0.05) is 349 Å². The fourth-order valence-corrected chi connectivity index (χ4v) is 11.7. The van der Waals surface area contributed by atoms with Crippen molar-refractivity contribution in [2.45, 2.75) is 360 Å². The minimum Gasteiger partial charge on any atom is -0.756 e. The smallest absolute Gasteiger partial charge is 0.268 e. The minimum atomic E-state index is -4.62. The SMILES string of the molecule is CC/C=C\C/C=C\C/C=C\C/C=C\C/C=C\CCCCCCCCCCCCCCCCCCCCCCCCCCCC(=O)NC(COP(=O)([O-])OCC[N+](C)(C)C)C(O)/C=C/CC/C=C/CC/C=C/CCCCCCCCCCCCCCCCC. The van der Waals surface area contributed by atoms with Gasteiger partial charge in [0.25, 0.3) is 7.82 Å². The Morgan fingerprint density at radius 1 is 0.409 bits per heavy atom. The summed E-state index contributed by atoms with van der Waals surface area (Å²) in [5, 5.41) is 13.9. The molecule has 0 fully saturated rings. The normalized spacial score (nSPS) is 14.1. The molecule has 0 aromatic rings. The third kappa shape index (κ3) is 70.9. The Labute approximate surface area is 547 Å². The number of amides is 1. The highest BCUT2D eigenvalue weighted by atomic mass is 31.2. The molecular formula is C79H145N2O6P. The number of aliphatic hydroxyl groups is 1. The number of nitrogens with zero attached hydrogens (tertiary/aromatic N) is 1. The number of phosphoric ester groups is 1. The standard InChI is InChI=1S/C79H145N2O6P/c1-6-8-10-12-14-16-18-20-22-24-26-28-30-32-33-34-35-36-37-38-39-40-41-42-43-44-45-46-47-49-51-53-55-57-59-61-63-65-67-69-71-73-79(83)80-77(76-87-88(84,85)86-75-74-81(3,4)5)78(82)72-70-68-66-64-62-60-58-56-54-52-50-48-31-29-27-25-23-21-19-17-15-13-11-9-7-2/h8,10,14,16,20,22,26,28,32-33,54,56,62,64,70,72,77-78,82H,6-7,9,11-13,15,17-19,21,23-25,27,29-31,34-53,55,57-61,63,65-69,71,73-76H2,1-5H3,(H-,80,83,84,85)/b10-8-,16-14-,22-20-,28-26-,33-32-,56-54+,64-62+,72-70+. The molecule has 0 aliphatic heterocycles. The maximum absolute atomic E-state index is 13.0. The number of nitrogens with one attached hydrogen (secondary N) is 1. The number of hydrogen-bond acceptors (Lipinski definition) is 6. The number of quaternary nitrogens is 1. The molecule has 0 aromatic heterocycles. The van der Waals surface area contributed by atoms with Crippen molar-refractivity contribution in [3.63, 3.8) is 0 Å². The number of unbranched alkanes of at least 4 members (excludes halogenated alkanes) is 42. The van der Waals surface area contributed by atoms with E-state index in [4.69, 9.17) is 9.05 Å². The number of carbonyl (C=O) groups is 1. The molecule has 0 saturated carbocycles. The molecule has 512 valence electrons. The molecule has 2 N–H and O–H groups in total. The fraction of sp³-hybridized carbons (Fsp3) is 0.785. The van der Waals surface area contributed by atoms with E-state index in [0.717, 1.165) is 77.0 Å². The summed E-state index contributed by atoms with van der Waals surface area (Å²) in [7, 11) is 1.24. The van der Waals surface area contributed by atoms with Crippen LogP contribution >= 0.6 is 7.82 Å². The lowest BCUT2D eigenvalue weighted by Gasteiger charge is -2.29. The van der Waals surface area contributed by atoms with E-state index < -0.39 is 26.6 Å². The zero-order valence-electron chi connectivity index (χ0n) is 58.7. The lowest BCUT2D eigenvalue weighted by Crippen LogP contribution is -2.45. The molecule has 3 unspecified atom stereocenters. The average Bonchev–Trinajstić information content (AvgIpc) is 3.71. The molecule has 0 aliphatic carbocycles. The van der Waals surface area contributed by atoms with Gasteiger partial charge in [0.1, 0.15) is 13.2 Å². The van der Waals surface area contributed by atoms with Crippen molar-refractivity contribution in [1.82, 2.24) is 5.32 Å². The first kappa shape index (κ1) is 85.4. The van der Waals surface area contributed by atoms with E-state index >= 15 is 0 Å². The Morgan fingerprint density at radius 2 is 0.705 bits per heavy atom. The summed E-state index contributed by atoms with van der Waals surface area (Å²) >= 11 is 0. The van der Waals surface area contributed by atoms with E-state index in [9.17, 15) is 19.4 Å². The Morgan fingerprint density at radius 3 is 1.06 bits per heavy atom. The Bertz CT molecular complexity index is 1760. The molecule has 8 nitrogen and oxygen atoms in total. The van der Waals surface area contributed by atoms with Crippen LogP contribution in [-0.4, -0.2) is 68.5 Å². The van der Waals surface area contributed by atoms with Gasteiger partial charge in [0.05, 0.1) is 39.9 Å². The molecule has 9 heteroatoms. The van der Waals surface area contributed by atoms with Gasteiger partial charge in [-0.15, -0.1) is 0 Å². The highest BCUT2D eigenvalue weighted by Gasteiger charge is 2.23. The van der Waals surface area contributed by atoms with Gasteiger partial charge < -0.3 is 28.8 Å². The summed E-state index contributed by atoms with van der Waals surface area (Å²) in [6.07, 6.45) is 99.9. The predicted octanol–water partition coefficient (Wildman–Crippen LogP) is 23.8. The molecule has 0 spiro atoms. The molecule has 0 saturated heterocycles. The molecular weight excluding hydrogens is 1100 g/mol. The third-order valence-electron chi connectivity index (χ3n) is 16.8. The van der Waals surface area contributed by atoms with Crippen molar-refractivity contribution in [1.29, 1.82) is 0 Å². The quantitative estimate of drug-likeness (QED) is 0.0272. The van der Waals surface area contributed by atoms with Gasteiger partial charge >= 0.3 is 0 Å². The van der Waals surface area contributed by atoms with Gasteiger partial charge in [-0.05, 0) is 89.9 Å². The molecule has 0 rings (SSSR count). The van der Waals surface area contributed by atoms with Gasteiger partial charge in [-0.2, -0.15) is 0 Å². The summed E-state index contributed by atoms with van der Waals surface area (Å²) in [4.78, 5) is 25.7. The van der Waals surface area contributed by atoms with Crippen LogP contribution in [0.15, 0.2) is 97.2 Å². The number of hydrogen-bond donors (Lipinski definition) is 2. The Balaban J connectivity index is 3.99. The molecule has 0 radical (unpaired) electrons. The largest absolute Gasteiger partial charge is 0.756 e. The third-order valence-corrected chi connectivity index (χ3v) is 17.7. The van der Waals surface area contributed by atoms with Gasteiger partial charge in [0.2, 0.25) is 5.91 Å². The monoisotopic (exact) mass is 1250 g/mol. The van der Waals surface area contributed by atoms with Crippen LogP contribution in [-0.2, 0) is 18.4 Å². The minimum absolute atomic E-state index is 0.00986. The summed E-state index contributed by atoms with van der Waals surface area (Å²) in [5.41, 5.74) is 0. The second kappa shape index (κ2) is 68.8. The van der Waals surface area contributed by atoms with Gasteiger partial charge in [-0.3, -0.25) is 9.36 Å². The van der Waals surface area contributed by atoms with Crippen LogP contribution in [0.3, 0.4) is 0 Å². The maximum atomic E-state index is 13.0. The summed E-state index contributed by atoms with van der Waals surface area (Å²) in [5.74, 6) is -0.207. The van der Waals surface area contributed by atoms with Crippen molar-refractivity contribution in [3.05, 3.63) is 97.2 Å². The van der Waals surface area contributed by atoms with Crippen LogP contribution in [0.5, 0.6) is 0 Å². The first-order valence-corrected chi connectivity index (χ1v) is 39.1. The van der Waals surface area contributed by atoms with Gasteiger partial charge in [0.15, 0.2) is 0 Å². The predicted molar refractivity (Wildman–Crippen MR) is 385 cm³/mol. The number of rotatable bonds is 69. The van der Waals surface area contributed by atoms with Crippen molar-refractivity contribution >= 4 is 13.7 Å². The number of aliphatic hydroxyl groups excluding tert-OH is 1. The van der Waals surface area contributed by atoms with Crippen LogP contribution in [0.1, 0.15) is 348 Å². The molecule has 3 atom stereocenters. The summed E-state index contributed by atoms with van der Waals surface area (Å²) in [6, 6.07) is -0.914. The van der Waals surface area contributed by atoms with Gasteiger partial charge in [0, 0.05) is 6.42 Å².